The van der Waals surface area contributed by atoms with E-state index in [1.807, 2.05) is 26.0 Å². The van der Waals surface area contributed by atoms with Crippen LogP contribution in [0.5, 0.6) is 0 Å². The number of nitrogens with one attached hydrogen (secondary N) is 1. The van der Waals surface area contributed by atoms with Crippen LogP contribution in [0.2, 0.25) is 0 Å². The summed E-state index contributed by atoms with van der Waals surface area (Å²) in [6.07, 6.45) is 0.537. The second-order valence-electron chi connectivity index (χ2n) is 5.46. The molecule has 0 radical (unpaired) electrons. The highest BCUT2D eigenvalue weighted by molar-refractivity contribution is 5.95. The Balaban J connectivity index is 2.70. The molecule has 0 saturated carbocycles. The Bertz CT molecular complexity index is 485. The van der Waals surface area contributed by atoms with Crippen molar-refractivity contribution in [2.24, 2.45) is 11.8 Å². The molecular formula is C16H23NO4. The molecule has 2 N–H and O–H groups in total. The van der Waals surface area contributed by atoms with Gasteiger partial charge in [0.25, 0.3) is 5.91 Å². The van der Waals surface area contributed by atoms with Gasteiger partial charge in [0, 0.05) is 19.2 Å². The largest absolute Gasteiger partial charge is 0.481 e. The van der Waals surface area contributed by atoms with Crippen molar-refractivity contribution in [3.63, 3.8) is 0 Å². The number of carboxylic acids is 1. The molecule has 1 aromatic rings. The molecule has 0 aromatic heterocycles. The molecule has 0 fully saturated rings. The first-order valence-electron chi connectivity index (χ1n) is 7.03. The number of carboxylic acid groups (broad SMARTS) is 1. The fraction of sp³-hybridized carbons (Fsp3) is 0.500. The van der Waals surface area contributed by atoms with E-state index in [-0.39, 0.29) is 18.4 Å². The Labute approximate surface area is 125 Å². The van der Waals surface area contributed by atoms with Gasteiger partial charge in [0.1, 0.15) is 0 Å². The molecule has 1 unspecified atom stereocenters. The van der Waals surface area contributed by atoms with Crippen LogP contribution >= 0.6 is 0 Å². The van der Waals surface area contributed by atoms with E-state index in [1.54, 1.807) is 19.2 Å². The third-order valence-corrected chi connectivity index (χ3v) is 3.18. The smallest absolute Gasteiger partial charge is 0.308 e. The molecule has 1 rings (SSSR count). The van der Waals surface area contributed by atoms with Crippen LogP contribution in [0.25, 0.3) is 0 Å². The minimum absolute atomic E-state index is 0.133. The molecule has 0 aliphatic rings. The molecule has 1 atom stereocenters. The van der Waals surface area contributed by atoms with Gasteiger partial charge in [-0.2, -0.15) is 0 Å². The zero-order chi connectivity index (χ0) is 15.8. The number of methoxy groups -OCH3 is 1. The number of hydrogen-bond acceptors (Lipinski definition) is 3. The maximum atomic E-state index is 12.2. The lowest BCUT2D eigenvalue weighted by molar-refractivity contribution is -0.142. The molecule has 116 valence electrons. The number of aliphatic carboxylic acids is 1. The molecular weight excluding hydrogens is 270 g/mol. The summed E-state index contributed by atoms with van der Waals surface area (Å²) in [7, 11) is 1.57. The van der Waals surface area contributed by atoms with Crippen molar-refractivity contribution in [1.82, 2.24) is 5.32 Å². The molecule has 0 aliphatic heterocycles. The molecule has 0 spiro atoms. The van der Waals surface area contributed by atoms with Gasteiger partial charge in [0.2, 0.25) is 0 Å². The van der Waals surface area contributed by atoms with E-state index < -0.39 is 11.9 Å². The van der Waals surface area contributed by atoms with E-state index in [0.29, 0.717) is 18.6 Å². The average Bonchev–Trinajstić information content (AvgIpc) is 2.43. The van der Waals surface area contributed by atoms with Crippen LogP contribution in [0, 0.1) is 11.8 Å². The zero-order valence-electron chi connectivity index (χ0n) is 12.8. The number of carbonyl (C=O) groups is 2. The minimum atomic E-state index is -0.880. The number of rotatable bonds is 8. The molecule has 0 aliphatic carbocycles. The normalized spacial score (nSPS) is 12.2. The predicted octanol–water partition coefficient (Wildman–Crippen LogP) is 2.31. The SMILES string of the molecule is COCc1ccccc1C(=O)NCC(CC(C)C)C(=O)O. The second-order valence-corrected chi connectivity index (χ2v) is 5.46. The van der Waals surface area contributed by atoms with Gasteiger partial charge in [0.05, 0.1) is 12.5 Å². The van der Waals surface area contributed by atoms with Crippen molar-refractivity contribution in [3.05, 3.63) is 35.4 Å². The quantitative estimate of drug-likeness (QED) is 0.771. The maximum Gasteiger partial charge on any atom is 0.308 e. The van der Waals surface area contributed by atoms with Crippen LogP contribution in [-0.4, -0.2) is 30.6 Å². The number of benzene rings is 1. The zero-order valence-corrected chi connectivity index (χ0v) is 12.8. The van der Waals surface area contributed by atoms with Crippen molar-refractivity contribution in [3.8, 4) is 0 Å². The predicted molar refractivity (Wildman–Crippen MR) is 80.1 cm³/mol. The molecule has 0 bridgehead atoms. The number of hydrogen-bond donors (Lipinski definition) is 2. The van der Waals surface area contributed by atoms with Crippen LogP contribution in [0.1, 0.15) is 36.2 Å². The molecule has 5 nitrogen and oxygen atoms in total. The lowest BCUT2D eigenvalue weighted by Gasteiger charge is -2.16. The molecule has 1 amide bonds. The van der Waals surface area contributed by atoms with Gasteiger partial charge in [-0.25, -0.2) is 0 Å². The van der Waals surface area contributed by atoms with E-state index in [0.717, 1.165) is 5.56 Å². The van der Waals surface area contributed by atoms with E-state index in [4.69, 9.17) is 4.74 Å². The summed E-state index contributed by atoms with van der Waals surface area (Å²) in [5, 5.41) is 11.9. The van der Waals surface area contributed by atoms with Crippen LogP contribution in [0.3, 0.4) is 0 Å². The fourth-order valence-electron chi connectivity index (χ4n) is 2.17. The molecule has 0 heterocycles. The van der Waals surface area contributed by atoms with Crippen molar-refractivity contribution >= 4 is 11.9 Å². The molecule has 21 heavy (non-hydrogen) atoms. The Morgan fingerprint density at radius 3 is 2.52 bits per heavy atom. The maximum absolute atomic E-state index is 12.2. The first-order chi connectivity index (χ1) is 9.95. The highest BCUT2D eigenvalue weighted by Crippen LogP contribution is 2.13. The molecule has 5 heteroatoms. The monoisotopic (exact) mass is 293 g/mol. The lowest BCUT2D eigenvalue weighted by Crippen LogP contribution is -2.34. The fourth-order valence-corrected chi connectivity index (χ4v) is 2.17. The highest BCUT2D eigenvalue weighted by Gasteiger charge is 2.20. The Kier molecular flexibility index (Phi) is 6.88. The minimum Gasteiger partial charge on any atom is -0.481 e. The van der Waals surface area contributed by atoms with Gasteiger partial charge in [-0.1, -0.05) is 32.0 Å². The Morgan fingerprint density at radius 1 is 1.29 bits per heavy atom. The van der Waals surface area contributed by atoms with Crippen LogP contribution in [0.15, 0.2) is 24.3 Å². The first kappa shape index (κ1) is 17.2. The summed E-state index contributed by atoms with van der Waals surface area (Å²) in [4.78, 5) is 23.4. The highest BCUT2D eigenvalue weighted by atomic mass is 16.5. The number of carbonyl (C=O) groups excluding carboxylic acids is 1. The van der Waals surface area contributed by atoms with Gasteiger partial charge in [-0.05, 0) is 24.0 Å². The van der Waals surface area contributed by atoms with E-state index >= 15 is 0 Å². The average molecular weight is 293 g/mol. The van der Waals surface area contributed by atoms with E-state index in [9.17, 15) is 14.7 Å². The van der Waals surface area contributed by atoms with Gasteiger partial charge in [-0.15, -0.1) is 0 Å². The van der Waals surface area contributed by atoms with Gasteiger partial charge < -0.3 is 15.2 Å². The van der Waals surface area contributed by atoms with E-state index in [2.05, 4.69) is 5.32 Å². The van der Waals surface area contributed by atoms with E-state index in [1.165, 1.54) is 0 Å². The van der Waals surface area contributed by atoms with Crippen molar-refractivity contribution < 1.29 is 19.4 Å². The third-order valence-electron chi connectivity index (χ3n) is 3.18. The van der Waals surface area contributed by atoms with Crippen LogP contribution in [0.4, 0.5) is 0 Å². The molecule has 1 aromatic carbocycles. The topological polar surface area (TPSA) is 75.6 Å². The number of ether oxygens (including phenoxy) is 1. The van der Waals surface area contributed by atoms with Gasteiger partial charge >= 0.3 is 5.97 Å². The molecule has 0 saturated heterocycles. The standard InChI is InChI=1S/C16H23NO4/c1-11(2)8-13(16(19)20)9-17-15(18)14-7-5-4-6-12(14)10-21-3/h4-7,11,13H,8-10H2,1-3H3,(H,17,18)(H,19,20). The summed E-state index contributed by atoms with van der Waals surface area (Å²) in [6, 6.07) is 7.14. The summed E-state index contributed by atoms with van der Waals surface area (Å²) < 4.78 is 5.06. The second kappa shape index (κ2) is 8.42. The van der Waals surface area contributed by atoms with Gasteiger partial charge in [0.15, 0.2) is 0 Å². The summed E-state index contributed by atoms with van der Waals surface area (Å²) in [6.45, 7) is 4.41. The van der Waals surface area contributed by atoms with Crippen molar-refractivity contribution in [2.75, 3.05) is 13.7 Å². The Morgan fingerprint density at radius 2 is 1.95 bits per heavy atom. The summed E-state index contributed by atoms with van der Waals surface area (Å²) in [5.74, 6) is -1.45. The van der Waals surface area contributed by atoms with Gasteiger partial charge in [-0.3, -0.25) is 9.59 Å². The number of amides is 1. The van der Waals surface area contributed by atoms with Crippen molar-refractivity contribution in [2.45, 2.75) is 26.9 Å². The summed E-state index contributed by atoms with van der Waals surface area (Å²) in [5.41, 5.74) is 1.31. The van der Waals surface area contributed by atoms with Crippen molar-refractivity contribution in [1.29, 1.82) is 0 Å². The first-order valence-corrected chi connectivity index (χ1v) is 7.03. The van der Waals surface area contributed by atoms with Crippen LogP contribution in [-0.2, 0) is 16.1 Å². The van der Waals surface area contributed by atoms with Crippen LogP contribution < -0.4 is 5.32 Å². The third kappa shape index (κ3) is 5.55. The lowest BCUT2D eigenvalue weighted by atomic mass is 9.97. The Hall–Kier alpha value is -1.88. The summed E-state index contributed by atoms with van der Waals surface area (Å²) >= 11 is 0.